The number of nitrogens with zero attached hydrogens (tertiary/aromatic N) is 1. The highest BCUT2D eigenvalue weighted by atomic mass is 32.1. The lowest BCUT2D eigenvalue weighted by Crippen LogP contribution is -2.12. The first-order chi connectivity index (χ1) is 10.8. The van der Waals surface area contributed by atoms with Crippen LogP contribution in [0.5, 0.6) is 5.75 Å². The van der Waals surface area contributed by atoms with Crippen molar-refractivity contribution in [1.82, 2.24) is 4.98 Å². The Hall–Kier alpha value is -2.13. The molecule has 0 radical (unpaired) electrons. The summed E-state index contributed by atoms with van der Waals surface area (Å²) in [7, 11) is 0. The fourth-order valence-corrected chi connectivity index (χ4v) is 2.45. The van der Waals surface area contributed by atoms with Gasteiger partial charge in [-0.3, -0.25) is 4.79 Å². The maximum absolute atomic E-state index is 12.5. The number of aliphatic hydroxyl groups excluding tert-OH is 1. The molecule has 5 nitrogen and oxygen atoms in total. The highest BCUT2D eigenvalue weighted by molar-refractivity contribution is 7.13. The predicted octanol–water partition coefficient (Wildman–Crippen LogP) is 3.31. The van der Waals surface area contributed by atoms with E-state index in [4.69, 9.17) is 4.74 Å². The van der Waals surface area contributed by atoms with Crippen molar-refractivity contribution in [1.29, 1.82) is 0 Å². The molecular formula is C14H13F3N2O3S. The van der Waals surface area contributed by atoms with E-state index in [1.807, 2.05) is 0 Å². The molecule has 0 atom stereocenters. The maximum Gasteiger partial charge on any atom is 0.427 e. The van der Waals surface area contributed by atoms with Gasteiger partial charge in [-0.25, -0.2) is 4.98 Å². The van der Waals surface area contributed by atoms with Crippen molar-refractivity contribution in [2.75, 3.05) is 11.9 Å². The Morgan fingerprint density at radius 3 is 2.74 bits per heavy atom. The molecule has 0 aliphatic carbocycles. The topological polar surface area (TPSA) is 71.5 Å². The molecule has 0 fully saturated rings. The number of thiazole rings is 1. The van der Waals surface area contributed by atoms with Crippen LogP contribution in [0.15, 0.2) is 24.4 Å². The van der Waals surface area contributed by atoms with Crippen LogP contribution in [-0.4, -0.2) is 22.6 Å². The van der Waals surface area contributed by atoms with E-state index in [9.17, 15) is 23.1 Å². The third kappa shape index (κ3) is 4.20. The first kappa shape index (κ1) is 17.2. The van der Waals surface area contributed by atoms with E-state index < -0.39 is 17.0 Å². The summed E-state index contributed by atoms with van der Waals surface area (Å²) in [6.07, 6.45) is -3.91. The van der Waals surface area contributed by atoms with E-state index >= 15 is 0 Å². The van der Waals surface area contributed by atoms with Gasteiger partial charge in [-0.1, -0.05) is 0 Å². The molecule has 0 unspecified atom stereocenters. The molecule has 2 rings (SSSR count). The molecule has 124 valence electrons. The number of carbonyl (C=O) groups is 1. The van der Waals surface area contributed by atoms with Gasteiger partial charge < -0.3 is 15.2 Å². The molecule has 1 heterocycles. The SMILES string of the molecule is CCOc1ccc(NC(=O)c2ncc(C(F)(F)F)s2)cc1CO. The van der Waals surface area contributed by atoms with Crippen LogP contribution in [0.25, 0.3) is 0 Å². The minimum atomic E-state index is -4.53. The Morgan fingerprint density at radius 1 is 1.43 bits per heavy atom. The van der Waals surface area contributed by atoms with Crippen LogP contribution in [0.3, 0.4) is 0 Å². The van der Waals surface area contributed by atoms with Crippen molar-refractivity contribution < 1.29 is 27.8 Å². The number of carbonyl (C=O) groups excluding carboxylic acids is 1. The Labute approximate surface area is 133 Å². The number of hydrogen-bond acceptors (Lipinski definition) is 5. The summed E-state index contributed by atoms with van der Waals surface area (Å²) < 4.78 is 42.8. The van der Waals surface area contributed by atoms with Crippen molar-refractivity contribution in [2.24, 2.45) is 0 Å². The molecule has 1 aromatic carbocycles. The van der Waals surface area contributed by atoms with Crippen molar-refractivity contribution in [3.63, 3.8) is 0 Å². The third-order valence-electron chi connectivity index (χ3n) is 2.77. The Kier molecular flexibility index (Phi) is 5.22. The molecule has 1 aromatic heterocycles. The molecule has 1 amide bonds. The molecule has 0 aliphatic heterocycles. The van der Waals surface area contributed by atoms with Crippen LogP contribution in [0, 0.1) is 0 Å². The summed E-state index contributed by atoms with van der Waals surface area (Å²) in [5, 5.41) is 11.4. The zero-order valence-electron chi connectivity index (χ0n) is 12.0. The molecular weight excluding hydrogens is 333 g/mol. The van der Waals surface area contributed by atoms with Gasteiger partial charge in [0, 0.05) is 11.3 Å². The minimum absolute atomic E-state index is 0.266. The number of ether oxygens (including phenoxy) is 1. The number of halogens is 3. The number of aliphatic hydroxyl groups is 1. The molecule has 9 heteroatoms. The van der Waals surface area contributed by atoms with Crippen molar-refractivity contribution in [3.05, 3.63) is 39.8 Å². The highest BCUT2D eigenvalue weighted by Gasteiger charge is 2.34. The zero-order chi connectivity index (χ0) is 17.0. The molecule has 0 saturated heterocycles. The van der Waals surface area contributed by atoms with Gasteiger partial charge in [-0.2, -0.15) is 13.2 Å². The summed E-state index contributed by atoms with van der Waals surface area (Å²) in [6, 6.07) is 4.58. The number of aromatic nitrogens is 1. The van der Waals surface area contributed by atoms with Crippen LogP contribution < -0.4 is 10.1 Å². The summed E-state index contributed by atoms with van der Waals surface area (Å²) >= 11 is 0.266. The third-order valence-corrected chi connectivity index (χ3v) is 3.81. The fourth-order valence-electron chi connectivity index (χ4n) is 1.77. The van der Waals surface area contributed by atoms with Crippen LogP contribution >= 0.6 is 11.3 Å². The molecule has 0 spiro atoms. The quantitative estimate of drug-likeness (QED) is 0.871. The van der Waals surface area contributed by atoms with Gasteiger partial charge in [-0.05, 0) is 25.1 Å². The van der Waals surface area contributed by atoms with Crippen molar-refractivity contribution >= 4 is 22.9 Å². The number of nitrogens with one attached hydrogen (secondary N) is 1. The van der Waals surface area contributed by atoms with Crippen LogP contribution in [0.1, 0.15) is 27.2 Å². The largest absolute Gasteiger partial charge is 0.494 e. The fraction of sp³-hybridized carbons (Fsp3) is 0.286. The number of anilines is 1. The lowest BCUT2D eigenvalue weighted by atomic mass is 10.2. The summed E-state index contributed by atoms with van der Waals surface area (Å²) in [4.78, 5) is 14.5. The molecule has 0 bridgehead atoms. The van der Waals surface area contributed by atoms with Gasteiger partial charge in [0.25, 0.3) is 5.91 Å². The van der Waals surface area contributed by atoms with E-state index in [-0.39, 0.29) is 23.0 Å². The van der Waals surface area contributed by atoms with Gasteiger partial charge >= 0.3 is 6.18 Å². The molecule has 0 saturated carbocycles. The first-order valence-corrected chi connectivity index (χ1v) is 7.37. The van der Waals surface area contributed by atoms with Gasteiger partial charge in [0.2, 0.25) is 0 Å². The lowest BCUT2D eigenvalue weighted by molar-refractivity contribution is -0.134. The zero-order valence-corrected chi connectivity index (χ0v) is 12.8. The van der Waals surface area contributed by atoms with Crippen LogP contribution in [0.2, 0.25) is 0 Å². The standard InChI is InChI=1S/C14H13F3N2O3S/c1-2-22-10-4-3-9(5-8(10)7-20)19-12(21)13-18-6-11(23-13)14(15,16)17/h3-6,20H,2,7H2,1H3,(H,19,21). The summed E-state index contributed by atoms with van der Waals surface area (Å²) in [6.45, 7) is 1.91. The number of rotatable bonds is 5. The monoisotopic (exact) mass is 346 g/mol. The van der Waals surface area contributed by atoms with E-state index in [2.05, 4.69) is 10.3 Å². The van der Waals surface area contributed by atoms with Gasteiger partial charge in [-0.15, -0.1) is 11.3 Å². The Balaban J connectivity index is 2.15. The van der Waals surface area contributed by atoms with E-state index in [1.165, 1.54) is 12.1 Å². The highest BCUT2D eigenvalue weighted by Crippen LogP contribution is 2.33. The van der Waals surface area contributed by atoms with E-state index in [1.54, 1.807) is 13.0 Å². The first-order valence-electron chi connectivity index (χ1n) is 6.56. The number of benzene rings is 1. The molecule has 23 heavy (non-hydrogen) atoms. The van der Waals surface area contributed by atoms with Crippen molar-refractivity contribution in [2.45, 2.75) is 19.7 Å². The maximum atomic E-state index is 12.5. The Morgan fingerprint density at radius 2 is 2.17 bits per heavy atom. The second-order valence-electron chi connectivity index (χ2n) is 4.40. The normalized spacial score (nSPS) is 11.3. The number of hydrogen-bond donors (Lipinski definition) is 2. The second kappa shape index (κ2) is 6.97. The van der Waals surface area contributed by atoms with Crippen LogP contribution in [0.4, 0.5) is 18.9 Å². The minimum Gasteiger partial charge on any atom is -0.494 e. The van der Waals surface area contributed by atoms with E-state index in [0.717, 1.165) is 0 Å². The lowest BCUT2D eigenvalue weighted by Gasteiger charge is -2.10. The number of alkyl halides is 3. The van der Waals surface area contributed by atoms with Gasteiger partial charge in [0.05, 0.1) is 19.4 Å². The molecule has 2 aromatic rings. The molecule has 2 N–H and O–H groups in total. The summed E-state index contributed by atoms with van der Waals surface area (Å²) in [5.41, 5.74) is 0.783. The average Bonchev–Trinajstić information content (AvgIpc) is 2.99. The van der Waals surface area contributed by atoms with Crippen LogP contribution in [-0.2, 0) is 12.8 Å². The summed E-state index contributed by atoms with van der Waals surface area (Å²) in [5.74, 6) is -0.278. The van der Waals surface area contributed by atoms with Gasteiger partial charge in [0.1, 0.15) is 10.6 Å². The molecule has 0 aliphatic rings. The van der Waals surface area contributed by atoms with E-state index in [0.29, 0.717) is 29.8 Å². The van der Waals surface area contributed by atoms with Gasteiger partial charge in [0.15, 0.2) is 5.01 Å². The van der Waals surface area contributed by atoms with Crippen molar-refractivity contribution in [3.8, 4) is 5.75 Å². The average molecular weight is 346 g/mol. The Bertz CT molecular complexity index is 701. The number of amides is 1. The smallest absolute Gasteiger partial charge is 0.427 e. The second-order valence-corrected chi connectivity index (χ2v) is 5.43. The predicted molar refractivity (Wildman–Crippen MR) is 78.6 cm³/mol.